The zero-order chi connectivity index (χ0) is 11.0. The van der Waals surface area contributed by atoms with Crippen molar-refractivity contribution in [3.63, 3.8) is 0 Å². The van der Waals surface area contributed by atoms with E-state index in [-0.39, 0.29) is 0 Å². The Hall–Kier alpha value is -1.35. The molecular weight excluding hydrogens is 200 g/mol. The molecule has 0 bridgehead atoms. The van der Waals surface area contributed by atoms with Gasteiger partial charge in [-0.25, -0.2) is 4.98 Å². The highest BCUT2D eigenvalue weighted by Crippen LogP contribution is 2.19. The van der Waals surface area contributed by atoms with Crippen molar-refractivity contribution in [1.82, 2.24) is 9.38 Å². The van der Waals surface area contributed by atoms with E-state index >= 15 is 0 Å². The van der Waals surface area contributed by atoms with Crippen LogP contribution in [0.2, 0.25) is 0 Å². The number of aryl methyl sites for hydroxylation is 1. The molecule has 3 nitrogen and oxygen atoms in total. The average Bonchev–Trinajstić information content (AvgIpc) is 2.90. The molecule has 0 radical (unpaired) electrons. The van der Waals surface area contributed by atoms with Gasteiger partial charge in [-0.1, -0.05) is 6.07 Å². The Bertz CT molecular complexity index is 498. The summed E-state index contributed by atoms with van der Waals surface area (Å²) in [5, 5.41) is 0. The summed E-state index contributed by atoms with van der Waals surface area (Å²) in [6.45, 7) is 3.92. The number of aromatic nitrogens is 2. The van der Waals surface area contributed by atoms with E-state index in [2.05, 4.69) is 34.6 Å². The van der Waals surface area contributed by atoms with Crippen molar-refractivity contribution >= 4 is 5.52 Å². The molecule has 1 saturated heterocycles. The first-order valence-electron chi connectivity index (χ1n) is 5.84. The number of pyridine rings is 1. The van der Waals surface area contributed by atoms with Gasteiger partial charge < -0.3 is 9.14 Å². The molecule has 16 heavy (non-hydrogen) atoms. The first-order valence-corrected chi connectivity index (χ1v) is 5.84. The first-order chi connectivity index (χ1) is 7.84. The Kier molecular flexibility index (Phi) is 2.40. The maximum absolute atomic E-state index is 5.40. The van der Waals surface area contributed by atoms with Crippen LogP contribution in [-0.4, -0.2) is 22.6 Å². The van der Waals surface area contributed by atoms with Crippen LogP contribution in [0.1, 0.15) is 17.8 Å². The van der Waals surface area contributed by atoms with Crippen LogP contribution < -0.4 is 0 Å². The molecule has 3 rings (SSSR count). The van der Waals surface area contributed by atoms with Gasteiger partial charge in [0.2, 0.25) is 0 Å². The van der Waals surface area contributed by atoms with Crippen molar-refractivity contribution in [2.75, 3.05) is 13.2 Å². The van der Waals surface area contributed by atoms with E-state index in [0.29, 0.717) is 5.92 Å². The van der Waals surface area contributed by atoms with Crippen molar-refractivity contribution in [1.29, 1.82) is 0 Å². The normalized spacial score (nSPS) is 20.7. The Labute approximate surface area is 95.1 Å². The Morgan fingerprint density at radius 1 is 1.56 bits per heavy atom. The molecule has 1 aliphatic rings. The maximum Gasteiger partial charge on any atom is 0.113 e. The molecule has 1 fully saturated rings. The van der Waals surface area contributed by atoms with Gasteiger partial charge >= 0.3 is 0 Å². The fourth-order valence-corrected chi connectivity index (χ4v) is 2.37. The number of fused-ring (bicyclic) bond motifs is 1. The van der Waals surface area contributed by atoms with Crippen LogP contribution in [-0.2, 0) is 11.2 Å². The Morgan fingerprint density at radius 2 is 2.50 bits per heavy atom. The summed E-state index contributed by atoms with van der Waals surface area (Å²) in [7, 11) is 0. The molecule has 84 valence electrons. The third-order valence-electron chi connectivity index (χ3n) is 3.35. The van der Waals surface area contributed by atoms with E-state index in [9.17, 15) is 0 Å². The van der Waals surface area contributed by atoms with Crippen LogP contribution >= 0.6 is 0 Å². The predicted molar refractivity (Wildman–Crippen MR) is 62.6 cm³/mol. The van der Waals surface area contributed by atoms with Crippen LogP contribution in [0.15, 0.2) is 24.5 Å². The smallest absolute Gasteiger partial charge is 0.113 e. The van der Waals surface area contributed by atoms with Crippen molar-refractivity contribution < 1.29 is 4.74 Å². The number of nitrogens with zero attached hydrogens (tertiary/aromatic N) is 2. The third kappa shape index (κ3) is 1.61. The lowest BCUT2D eigenvalue weighted by Crippen LogP contribution is -2.07. The van der Waals surface area contributed by atoms with E-state index in [1.807, 2.05) is 6.20 Å². The molecule has 0 spiro atoms. The van der Waals surface area contributed by atoms with Crippen LogP contribution in [0, 0.1) is 12.8 Å². The van der Waals surface area contributed by atoms with E-state index in [1.54, 1.807) is 0 Å². The van der Waals surface area contributed by atoms with Gasteiger partial charge in [-0.15, -0.1) is 0 Å². The minimum absolute atomic E-state index is 0.645. The summed E-state index contributed by atoms with van der Waals surface area (Å²) in [4.78, 5) is 4.53. The first kappa shape index (κ1) is 9.85. The topological polar surface area (TPSA) is 26.5 Å². The molecule has 2 aromatic rings. The molecule has 2 aromatic heterocycles. The van der Waals surface area contributed by atoms with Crippen LogP contribution in [0.4, 0.5) is 0 Å². The molecule has 0 aliphatic carbocycles. The van der Waals surface area contributed by atoms with E-state index in [0.717, 1.165) is 25.5 Å². The summed E-state index contributed by atoms with van der Waals surface area (Å²) in [6, 6.07) is 4.21. The lowest BCUT2D eigenvalue weighted by molar-refractivity contribution is 0.185. The van der Waals surface area contributed by atoms with Gasteiger partial charge in [0.05, 0.1) is 11.7 Å². The van der Waals surface area contributed by atoms with Crippen LogP contribution in [0.3, 0.4) is 0 Å². The standard InChI is InChI=1S/C13H16N2O/c1-10-3-2-5-15-12(10)8-14-13(15)7-11-4-6-16-9-11/h2-3,5,8,11H,4,6-7,9H2,1H3. The highest BCUT2D eigenvalue weighted by atomic mass is 16.5. The summed E-state index contributed by atoms with van der Waals surface area (Å²) in [5.41, 5.74) is 2.50. The van der Waals surface area contributed by atoms with Crippen LogP contribution in [0.5, 0.6) is 0 Å². The molecule has 1 aliphatic heterocycles. The molecule has 1 unspecified atom stereocenters. The lowest BCUT2D eigenvalue weighted by atomic mass is 10.1. The maximum atomic E-state index is 5.40. The zero-order valence-electron chi connectivity index (χ0n) is 9.52. The minimum atomic E-state index is 0.645. The quantitative estimate of drug-likeness (QED) is 0.769. The van der Waals surface area contributed by atoms with Gasteiger partial charge in [-0.05, 0) is 30.9 Å². The van der Waals surface area contributed by atoms with Crippen molar-refractivity contribution in [3.8, 4) is 0 Å². The second-order valence-corrected chi connectivity index (χ2v) is 4.55. The summed E-state index contributed by atoms with van der Waals surface area (Å²) >= 11 is 0. The third-order valence-corrected chi connectivity index (χ3v) is 3.35. The van der Waals surface area contributed by atoms with E-state index in [4.69, 9.17) is 4.74 Å². The molecule has 3 heterocycles. The van der Waals surface area contributed by atoms with Gasteiger partial charge in [0.1, 0.15) is 5.82 Å². The van der Waals surface area contributed by atoms with Gasteiger partial charge in [0.25, 0.3) is 0 Å². The number of imidazole rings is 1. The van der Waals surface area contributed by atoms with E-state index < -0.39 is 0 Å². The Morgan fingerprint density at radius 3 is 3.31 bits per heavy atom. The number of hydrogen-bond acceptors (Lipinski definition) is 2. The van der Waals surface area contributed by atoms with Gasteiger partial charge in [-0.2, -0.15) is 0 Å². The highest BCUT2D eigenvalue weighted by Gasteiger charge is 2.18. The fourth-order valence-electron chi connectivity index (χ4n) is 2.37. The molecular formula is C13H16N2O. The average molecular weight is 216 g/mol. The van der Waals surface area contributed by atoms with Gasteiger partial charge in [0.15, 0.2) is 0 Å². The minimum Gasteiger partial charge on any atom is -0.381 e. The summed E-state index contributed by atoms with van der Waals surface area (Å²) in [5.74, 6) is 1.81. The summed E-state index contributed by atoms with van der Waals surface area (Å²) < 4.78 is 7.61. The summed E-state index contributed by atoms with van der Waals surface area (Å²) in [6.07, 6.45) is 6.26. The zero-order valence-corrected chi connectivity index (χ0v) is 9.52. The van der Waals surface area contributed by atoms with Crippen molar-refractivity contribution in [2.45, 2.75) is 19.8 Å². The lowest BCUT2D eigenvalue weighted by Gasteiger charge is -2.06. The highest BCUT2D eigenvalue weighted by molar-refractivity contribution is 5.53. The Balaban J connectivity index is 1.94. The number of rotatable bonds is 2. The molecule has 3 heteroatoms. The van der Waals surface area contributed by atoms with Gasteiger partial charge in [0, 0.05) is 25.8 Å². The van der Waals surface area contributed by atoms with Crippen molar-refractivity contribution in [3.05, 3.63) is 35.9 Å². The predicted octanol–water partition coefficient (Wildman–Crippen LogP) is 2.22. The van der Waals surface area contributed by atoms with E-state index in [1.165, 1.54) is 17.5 Å². The monoisotopic (exact) mass is 216 g/mol. The molecule has 0 N–H and O–H groups in total. The molecule has 0 amide bonds. The second-order valence-electron chi connectivity index (χ2n) is 4.55. The molecule has 0 aromatic carbocycles. The molecule has 1 atom stereocenters. The molecule has 0 saturated carbocycles. The largest absolute Gasteiger partial charge is 0.381 e. The number of hydrogen-bond donors (Lipinski definition) is 0. The second kappa shape index (κ2) is 3.91. The van der Waals surface area contributed by atoms with Gasteiger partial charge in [-0.3, -0.25) is 0 Å². The SMILES string of the molecule is Cc1cccn2c(CC3CCOC3)ncc12. The fraction of sp³-hybridized carbons (Fsp3) is 0.462. The van der Waals surface area contributed by atoms with Crippen molar-refractivity contribution in [2.24, 2.45) is 5.92 Å². The van der Waals surface area contributed by atoms with Crippen LogP contribution in [0.25, 0.3) is 5.52 Å². The number of ether oxygens (including phenoxy) is 1.